The number of fused-ring (bicyclic) bond motifs is 1. The molecular formula is C31H32N4O2. The van der Waals surface area contributed by atoms with Gasteiger partial charge in [0.1, 0.15) is 17.2 Å². The smallest absolute Gasteiger partial charge is 0.410 e. The number of carbonyl (C=O) groups excluding carboxylic acids is 1. The highest BCUT2D eigenvalue weighted by molar-refractivity contribution is 5.97. The van der Waals surface area contributed by atoms with Gasteiger partial charge in [-0.15, -0.1) is 0 Å². The quantitative estimate of drug-likeness (QED) is 0.322. The van der Waals surface area contributed by atoms with Crippen molar-refractivity contribution in [1.82, 2.24) is 14.9 Å². The molecule has 0 aliphatic carbocycles. The molecule has 0 unspecified atom stereocenters. The van der Waals surface area contributed by atoms with Crippen LogP contribution in [-0.2, 0) is 4.74 Å². The molecule has 0 atom stereocenters. The number of anilines is 2. The van der Waals surface area contributed by atoms with Crippen LogP contribution >= 0.6 is 0 Å². The monoisotopic (exact) mass is 492 g/mol. The van der Waals surface area contributed by atoms with E-state index in [1.165, 1.54) is 5.57 Å². The maximum absolute atomic E-state index is 12.5. The molecule has 0 radical (unpaired) electrons. The zero-order valence-corrected chi connectivity index (χ0v) is 21.8. The fourth-order valence-electron chi connectivity index (χ4n) is 4.51. The van der Waals surface area contributed by atoms with E-state index in [-0.39, 0.29) is 6.09 Å². The molecule has 0 saturated carbocycles. The minimum atomic E-state index is -0.496. The van der Waals surface area contributed by atoms with Gasteiger partial charge in [-0.2, -0.15) is 0 Å². The number of benzene rings is 2. The first-order chi connectivity index (χ1) is 17.7. The van der Waals surface area contributed by atoms with Gasteiger partial charge in [0.2, 0.25) is 0 Å². The van der Waals surface area contributed by atoms with E-state index in [2.05, 4.69) is 58.8 Å². The lowest BCUT2D eigenvalue weighted by atomic mass is 9.95. The SMILES string of the molecule is Cc1ccnc(Nc2cc3ccccc3c(-c3cccc(C4=CCN(C(=O)OC(C)(C)C)CC4)c3)n2)c1. The van der Waals surface area contributed by atoms with Crippen molar-refractivity contribution in [3.05, 3.63) is 90.1 Å². The van der Waals surface area contributed by atoms with E-state index in [0.717, 1.165) is 51.2 Å². The zero-order chi connectivity index (χ0) is 26.0. The van der Waals surface area contributed by atoms with E-state index >= 15 is 0 Å². The maximum atomic E-state index is 12.5. The summed E-state index contributed by atoms with van der Waals surface area (Å²) in [5.74, 6) is 1.52. The van der Waals surface area contributed by atoms with Crippen LogP contribution < -0.4 is 5.32 Å². The van der Waals surface area contributed by atoms with Crippen molar-refractivity contribution in [2.24, 2.45) is 0 Å². The van der Waals surface area contributed by atoms with E-state index in [9.17, 15) is 4.79 Å². The third-order valence-electron chi connectivity index (χ3n) is 6.28. The molecule has 1 amide bonds. The lowest BCUT2D eigenvalue weighted by Gasteiger charge is -2.29. The molecule has 6 nitrogen and oxygen atoms in total. The van der Waals surface area contributed by atoms with E-state index in [1.807, 2.05) is 52.0 Å². The Morgan fingerprint density at radius 3 is 2.54 bits per heavy atom. The fraction of sp³-hybridized carbons (Fsp3) is 0.258. The zero-order valence-electron chi connectivity index (χ0n) is 21.8. The minimum Gasteiger partial charge on any atom is -0.444 e. The van der Waals surface area contributed by atoms with Gasteiger partial charge in [-0.3, -0.25) is 0 Å². The first-order valence-electron chi connectivity index (χ1n) is 12.6. The number of pyridine rings is 2. The molecule has 37 heavy (non-hydrogen) atoms. The molecule has 0 saturated heterocycles. The van der Waals surface area contributed by atoms with Crippen molar-refractivity contribution < 1.29 is 9.53 Å². The number of hydrogen-bond acceptors (Lipinski definition) is 5. The summed E-state index contributed by atoms with van der Waals surface area (Å²) in [5.41, 5.74) is 4.98. The highest BCUT2D eigenvalue weighted by Gasteiger charge is 2.24. The Hall–Kier alpha value is -4.19. The second-order valence-electron chi connectivity index (χ2n) is 10.4. The van der Waals surface area contributed by atoms with Gasteiger partial charge in [-0.25, -0.2) is 14.8 Å². The van der Waals surface area contributed by atoms with E-state index in [1.54, 1.807) is 11.1 Å². The van der Waals surface area contributed by atoms with Crippen LogP contribution in [0.1, 0.15) is 38.3 Å². The Bertz CT molecular complexity index is 1490. The van der Waals surface area contributed by atoms with Crippen LogP contribution in [0, 0.1) is 6.92 Å². The molecule has 3 heterocycles. The summed E-state index contributed by atoms with van der Waals surface area (Å²) < 4.78 is 5.54. The summed E-state index contributed by atoms with van der Waals surface area (Å²) >= 11 is 0. The van der Waals surface area contributed by atoms with Gasteiger partial charge in [0.15, 0.2) is 0 Å². The molecule has 1 aliphatic heterocycles. The number of aryl methyl sites for hydroxylation is 1. The van der Waals surface area contributed by atoms with Crippen LogP contribution in [0.3, 0.4) is 0 Å². The second-order valence-corrected chi connectivity index (χ2v) is 10.4. The molecule has 0 bridgehead atoms. The topological polar surface area (TPSA) is 67.4 Å². The average molecular weight is 493 g/mol. The van der Waals surface area contributed by atoms with Gasteiger partial charge in [0.25, 0.3) is 0 Å². The largest absolute Gasteiger partial charge is 0.444 e. The van der Waals surface area contributed by atoms with Gasteiger partial charge < -0.3 is 15.0 Å². The first-order valence-corrected chi connectivity index (χ1v) is 12.6. The van der Waals surface area contributed by atoms with Crippen LogP contribution in [-0.4, -0.2) is 39.7 Å². The van der Waals surface area contributed by atoms with Gasteiger partial charge in [-0.1, -0.05) is 48.5 Å². The number of nitrogens with one attached hydrogen (secondary N) is 1. The van der Waals surface area contributed by atoms with Crippen LogP contribution in [0.5, 0.6) is 0 Å². The third-order valence-corrected chi connectivity index (χ3v) is 6.28. The number of amides is 1. The molecule has 1 aliphatic rings. The molecule has 4 aromatic rings. The van der Waals surface area contributed by atoms with Crippen LogP contribution in [0.4, 0.5) is 16.4 Å². The Balaban J connectivity index is 1.45. The number of rotatable bonds is 4. The summed E-state index contributed by atoms with van der Waals surface area (Å²) in [4.78, 5) is 23.7. The molecule has 2 aromatic carbocycles. The molecule has 0 fully saturated rings. The summed E-state index contributed by atoms with van der Waals surface area (Å²) in [6.45, 7) is 8.89. The average Bonchev–Trinajstić information content (AvgIpc) is 2.87. The second kappa shape index (κ2) is 10.1. The molecular weight excluding hydrogens is 460 g/mol. The van der Waals surface area contributed by atoms with Gasteiger partial charge >= 0.3 is 6.09 Å². The fourth-order valence-corrected chi connectivity index (χ4v) is 4.51. The van der Waals surface area contributed by atoms with Crippen molar-refractivity contribution in [3.63, 3.8) is 0 Å². The van der Waals surface area contributed by atoms with Gasteiger partial charge in [0.05, 0.1) is 5.69 Å². The van der Waals surface area contributed by atoms with Crippen molar-refractivity contribution in [2.45, 2.75) is 39.7 Å². The molecule has 5 rings (SSSR count). The summed E-state index contributed by atoms with van der Waals surface area (Å²) in [6, 6.07) is 22.8. The molecule has 188 valence electrons. The Morgan fingerprint density at radius 2 is 1.78 bits per heavy atom. The van der Waals surface area contributed by atoms with Crippen molar-refractivity contribution in [2.75, 3.05) is 18.4 Å². The summed E-state index contributed by atoms with van der Waals surface area (Å²) in [7, 11) is 0. The third kappa shape index (κ3) is 5.80. The maximum Gasteiger partial charge on any atom is 0.410 e. The summed E-state index contributed by atoms with van der Waals surface area (Å²) in [5, 5.41) is 5.58. The highest BCUT2D eigenvalue weighted by atomic mass is 16.6. The van der Waals surface area contributed by atoms with Gasteiger partial charge in [0, 0.05) is 30.2 Å². The van der Waals surface area contributed by atoms with E-state index in [4.69, 9.17) is 9.72 Å². The Labute approximate surface area is 218 Å². The van der Waals surface area contributed by atoms with E-state index in [0.29, 0.717) is 13.1 Å². The lowest BCUT2D eigenvalue weighted by molar-refractivity contribution is 0.0270. The Morgan fingerprint density at radius 1 is 0.973 bits per heavy atom. The molecule has 1 N–H and O–H groups in total. The standard InChI is InChI=1S/C31H32N4O2/c1-21-12-15-32-27(18-21)33-28-20-24-8-5-6-11-26(24)29(34-28)25-10-7-9-23(19-25)22-13-16-35(17-14-22)30(36)37-31(2,3)4/h5-13,15,18-20H,14,16-17H2,1-4H3,(H,32,33,34). The van der Waals surface area contributed by atoms with Crippen LogP contribution in [0.15, 0.2) is 79.0 Å². The van der Waals surface area contributed by atoms with Crippen molar-refractivity contribution in [1.29, 1.82) is 0 Å². The normalized spacial score (nSPS) is 13.8. The molecule has 6 heteroatoms. The van der Waals surface area contributed by atoms with E-state index < -0.39 is 5.60 Å². The number of nitrogens with zero attached hydrogens (tertiary/aromatic N) is 3. The minimum absolute atomic E-state index is 0.264. The number of aromatic nitrogens is 2. The number of carbonyl (C=O) groups is 1. The molecule has 0 spiro atoms. The van der Waals surface area contributed by atoms with Crippen LogP contribution in [0.2, 0.25) is 0 Å². The van der Waals surface area contributed by atoms with Crippen LogP contribution in [0.25, 0.3) is 27.6 Å². The predicted octanol–water partition coefficient (Wildman–Crippen LogP) is 7.37. The van der Waals surface area contributed by atoms with Crippen molar-refractivity contribution >= 4 is 34.1 Å². The molecule has 2 aromatic heterocycles. The first kappa shape index (κ1) is 24.5. The number of ether oxygens (including phenoxy) is 1. The number of hydrogen-bond donors (Lipinski definition) is 1. The van der Waals surface area contributed by atoms with Crippen molar-refractivity contribution in [3.8, 4) is 11.3 Å². The Kier molecular flexibility index (Phi) is 6.66. The summed E-state index contributed by atoms with van der Waals surface area (Å²) in [6.07, 6.45) is 4.43. The highest BCUT2D eigenvalue weighted by Crippen LogP contribution is 2.33. The predicted molar refractivity (Wildman–Crippen MR) is 150 cm³/mol. The van der Waals surface area contributed by atoms with Gasteiger partial charge in [-0.05, 0) is 80.5 Å². The lowest BCUT2D eigenvalue weighted by Crippen LogP contribution is -2.39.